The molecule has 2 atom stereocenters. The molecule has 11 heteroatoms. The molecule has 1 aliphatic heterocycles. The van der Waals surface area contributed by atoms with Gasteiger partial charge in [0.25, 0.3) is 0 Å². The number of benzene rings is 1. The first-order chi connectivity index (χ1) is 16.0. The van der Waals surface area contributed by atoms with Gasteiger partial charge in [0.2, 0.25) is 11.8 Å². The molecule has 1 saturated heterocycles. The summed E-state index contributed by atoms with van der Waals surface area (Å²) in [7, 11) is 3.31. The first-order valence-electron chi connectivity index (χ1n) is 10.7. The summed E-state index contributed by atoms with van der Waals surface area (Å²) in [5, 5.41) is 7.40. The van der Waals surface area contributed by atoms with Crippen molar-refractivity contribution in [1.82, 2.24) is 29.0 Å². The number of ether oxygens (including phenoxy) is 1. The van der Waals surface area contributed by atoms with Gasteiger partial charge in [-0.3, -0.25) is 0 Å². The number of methoxy groups -OCH3 is 1. The van der Waals surface area contributed by atoms with Crippen LogP contribution in [0.3, 0.4) is 0 Å². The van der Waals surface area contributed by atoms with Crippen LogP contribution in [-0.2, 0) is 6.54 Å². The summed E-state index contributed by atoms with van der Waals surface area (Å²) in [6.07, 6.45) is 2.32. The summed E-state index contributed by atoms with van der Waals surface area (Å²) in [5.74, 6) is -0.194. The van der Waals surface area contributed by atoms with Crippen LogP contribution >= 0.6 is 0 Å². The van der Waals surface area contributed by atoms with E-state index in [1.165, 1.54) is 17.8 Å². The van der Waals surface area contributed by atoms with E-state index in [1.54, 1.807) is 29.1 Å². The minimum absolute atomic E-state index is 0.159. The van der Waals surface area contributed by atoms with Gasteiger partial charge in [0, 0.05) is 13.1 Å². The minimum atomic E-state index is -1.08. The van der Waals surface area contributed by atoms with E-state index in [0.29, 0.717) is 35.1 Å². The van der Waals surface area contributed by atoms with Gasteiger partial charge in [0.15, 0.2) is 5.82 Å². The molecule has 4 heterocycles. The van der Waals surface area contributed by atoms with Crippen molar-refractivity contribution in [3.05, 3.63) is 36.5 Å². The van der Waals surface area contributed by atoms with Crippen molar-refractivity contribution in [1.29, 1.82) is 0 Å². The van der Waals surface area contributed by atoms with Crippen LogP contribution in [-0.4, -0.2) is 75.2 Å². The Kier molecular flexibility index (Phi) is 5.57. The van der Waals surface area contributed by atoms with Gasteiger partial charge in [0.1, 0.15) is 18.4 Å². The summed E-state index contributed by atoms with van der Waals surface area (Å²) in [6.45, 7) is 0.697. The molecule has 0 radical (unpaired) electrons. The highest BCUT2D eigenvalue weighted by Crippen LogP contribution is 2.35. The Morgan fingerprint density at radius 1 is 1.30 bits per heavy atom. The van der Waals surface area contributed by atoms with Crippen LogP contribution in [0.1, 0.15) is 6.42 Å². The molecule has 4 aromatic rings. The Bertz CT molecular complexity index is 1300. The molecule has 1 aliphatic rings. The predicted octanol–water partition coefficient (Wildman–Crippen LogP) is 3.32. The van der Waals surface area contributed by atoms with E-state index in [4.69, 9.17) is 4.74 Å². The van der Waals surface area contributed by atoms with Crippen LogP contribution in [0, 0.1) is 5.82 Å². The monoisotopic (exact) mass is 459 g/mol. The lowest BCUT2D eigenvalue weighted by molar-refractivity contribution is 0.149. The average Bonchev–Trinajstić information content (AvgIpc) is 3.35. The van der Waals surface area contributed by atoms with Gasteiger partial charge in [-0.05, 0) is 31.2 Å². The van der Waals surface area contributed by atoms with E-state index in [0.717, 1.165) is 6.54 Å². The van der Waals surface area contributed by atoms with Crippen LogP contribution in [0.15, 0.2) is 30.7 Å². The Hall–Kier alpha value is -3.34. The van der Waals surface area contributed by atoms with E-state index < -0.39 is 24.7 Å². The highest BCUT2D eigenvalue weighted by atomic mass is 19.1. The number of hydrogen-bond donors (Lipinski definition) is 1. The summed E-state index contributed by atoms with van der Waals surface area (Å²) >= 11 is 0. The van der Waals surface area contributed by atoms with Crippen LogP contribution < -0.4 is 10.1 Å². The maximum absolute atomic E-state index is 15.2. The van der Waals surface area contributed by atoms with E-state index >= 15 is 4.39 Å². The van der Waals surface area contributed by atoms with Gasteiger partial charge >= 0.3 is 0 Å². The number of aryl methyl sites for hydroxylation is 1. The maximum atomic E-state index is 15.2. The maximum Gasteiger partial charge on any atom is 0.244 e. The molecule has 0 unspecified atom stereocenters. The third-order valence-corrected chi connectivity index (χ3v) is 6.04. The van der Waals surface area contributed by atoms with Crippen molar-refractivity contribution in [2.75, 3.05) is 39.2 Å². The molecule has 174 valence electrons. The lowest BCUT2D eigenvalue weighted by Gasteiger charge is -2.32. The zero-order chi connectivity index (χ0) is 23.1. The molecule has 0 aliphatic carbocycles. The van der Waals surface area contributed by atoms with Crippen LogP contribution in [0.5, 0.6) is 5.88 Å². The Morgan fingerprint density at radius 2 is 2.15 bits per heavy atom. The minimum Gasteiger partial charge on any atom is -0.479 e. The molecule has 8 nitrogen and oxygen atoms in total. The quantitative estimate of drug-likeness (QED) is 0.477. The summed E-state index contributed by atoms with van der Waals surface area (Å²) < 4.78 is 51.0. The molecule has 0 bridgehead atoms. The zero-order valence-corrected chi connectivity index (χ0v) is 18.3. The molecule has 5 rings (SSSR count). The first-order valence-corrected chi connectivity index (χ1v) is 10.7. The summed E-state index contributed by atoms with van der Waals surface area (Å²) in [4.78, 5) is 10.6. The number of fused-ring (bicyclic) bond motifs is 2. The normalized spacial score (nSPS) is 19.4. The first kappa shape index (κ1) is 21.5. The van der Waals surface area contributed by atoms with Crippen molar-refractivity contribution in [3.8, 4) is 17.0 Å². The highest BCUT2D eigenvalue weighted by molar-refractivity contribution is 5.90. The number of nitrogens with zero attached hydrogens (tertiary/aromatic N) is 6. The fourth-order valence-electron chi connectivity index (χ4n) is 4.37. The Morgan fingerprint density at radius 3 is 2.91 bits per heavy atom. The predicted molar refractivity (Wildman–Crippen MR) is 119 cm³/mol. The van der Waals surface area contributed by atoms with Crippen LogP contribution in [0.25, 0.3) is 27.7 Å². The third-order valence-electron chi connectivity index (χ3n) is 6.04. The number of anilines is 1. The second kappa shape index (κ2) is 8.54. The lowest BCUT2D eigenvalue weighted by atomic mass is 10.0. The second-order valence-corrected chi connectivity index (χ2v) is 8.24. The number of alkyl halides is 2. The molecular weight excluding hydrogens is 435 g/mol. The molecule has 1 N–H and O–H groups in total. The molecule has 33 heavy (non-hydrogen) atoms. The number of nitrogens with one attached hydrogen (secondary N) is 1. The fourth-order valence-corrected chi connectivity index (χ4v) is 4.37. The number of likely N-dealkylation sites (tertiary alicyclic amines) is 1. The van der Waals surface area contributed by atoms with Crippen molar-refractivity contribution in [2.24, 2.45) is 0 Å². The topological polar surface area (TPSA) is 72.5 Å². The Labute approximate surface area is 188 Å². The Balaban J connectivity index is 1.56. The second-order valence-electron chi connectivity index (χ2n) is 8.24. The molecular formula is C22H24F3N7O. The number of aromatic nitrogens is 5. The van der Waals surface area contributed by atoms with Gasteiger partial charge < -0.3 is 19.5 Å². The van der Waals surface area contributed by atoms with E-state index in [-0.39, 0.29) is 23.9 Å². The summed E-state index contributed by atoms with van der Waals surface area (Å²) in [6, 6.07) is 4.81. The number of halogens is 3. The van der Waals surface area contributed by atoms with E-state index in [2.05, 4.69) is 20.4 Å². The lowest BCUT2D eigenvalue weighted by Crippen LogP contribution is -2.46. The van der Waals surface area contributed by atoms with Gasteiger partial charge in [-0.25, -0.2) is 22.7 Å². The number of imidazole rings is 1. The number of piperidine rings is 1. The molecule has 3 aromatic heterocycles. The molecule has 1 aromatic carbocycles. The van der Waals surface area contributed by atoms with Gasteiger partial charge in [-0.1, -0.05) is 6.07 Å². The standard InChI is InChI=1S/C22H24F3N7O/c1-30-7-5-16(14(24)10-30)27-22-28-21(33-2)20-19(15(25)11-32(20)29-22)13-3-4-17-18(9-13)31(8-6-23)12-26-17/h3-4,9,11-12,14,16H,5-8,10H2,1-2H3,(H,27,29)/t14-,16+/m1/s1. The molecule has 1 fully saturated rings. The van der Waals surface area contributed by atoms with Crippen LogP contribution in [0.2, 0.25) is 0 Å². The van der Waals surface area contributed by atoms with Crippen LogP contribution in [0.4, 0.5) is 19.1 Å². The summed E-state index contributed by atoms with van der Waals surface area (Å²) in [5.41, 5.74) is 2.54. The highest BCUT2D eigenvalue weighted by Gasteiger charge is 2.29. The van der Waals surface area contributed by atoms with Crippen molar-refractivity contribution < 1.29 is 17.9 Å². The third kappa shape index (κ3) is 3.86. The van der Waals surface area contributed by atoms with Crippen molar-refractivity contribution in [3.63, 3.8) is 0 Å². The largest absolute Gasteiger partial charge is 0.479 e. The molecule has 0 spiro atoms. The van der Waals surface area contributed by atoms with Gasteiger partial charge in [-0.2, -0.15) is 4.98 Å². The van der Waals surface area contributed by atoms with Crippen molar-refractivity contribution in [2.45, 2.75) is 25.2 Å². The molecule has 0 amide bonds. The average molecular weight is 459 g/mol. The fraction of sp³-hybridized carbons (Fsp3) is 0.409. The SMILES string of the molecule is COc1nc(N[C@H]2CCN(C)C[C@H]2F)nn2cc(F)c(-c3ccc4ncn(CCF)c4c3)c12. The number of rotatable bonds is 6. The zero-order valence-electron chi connectivity index (χ0n) is 18.3. The van der Waals surface area contributed by atoms with E-state index in [1.807, 2.05) is 11.9 Å². The van der Waals surface area contributed by atoms with Gasteiger partial charge in [0.05, 0.1) is 48.8 Å². The van der Waals surface area contributed by atoms with Crippen molar-refractivity contribution >= 4 is 22.5 Å². The number of hydrogen-bond acceptors (Lipinski definition) is 6. The van der Waals surface area contributed by atoms with E-state index in [9.17, 15) is 8.78 Å². The molecule has 0 saturated carbocycles. The smallest absolute Gasteiger partial charge is 0.244 e. The van der Waals surface area contributed by atoms with Gasteiger partial charge in [-0.15, -0.1) is 5.10 Å².